The van der Waals surface area contributed by atoms with Crippen LogP contribution in [0.1, 0.15) is 16.5 Å². The maximum absolute atomic E-state index is 5.78. The molecule has 2 heterocycles. The summed E-state index contributed by atoms with van der Waals surface area (Å²) in [5.41, 5.74) is 6.75. The molecule has 0 aliphatic carbocycles. The van der Waals surface area contributed by atoms with Crippen LogP contribution < -0.4 is 5.73 Å². The Bertz CT molecular complexity index is 429. The normalized spacial score (nSPS) is 12.7. The van der Waals surface area contributed by atoms with Crippen LogP contribution in [-0.4, -0.2) is 16.5 Å². The van der Waals surface area contributed by atoms with Crippen LogP contribution in [0.15, 0.2) is 34.5 Å². The van der Waals surface area contributed by atoms with Crippen molar-refractivity contribution in [3.05, 3.63) is 45.1 Å². The highest BCUT2D eigenvalue weighted by Gasteiger charge is 2.15. The molecule has 1 atom stereocenters. The van der Waals surface area contributed by atoms with E-state index in [1.807, 2.05) is 6.07 Å². The van der Waals surface area contributed by atoms with E-state index in [4.69, 9.17) is 5.73 Å². The van der Waals surface area contributed by atoms with Crippen LogP contribution in [0.3, 0.4) is 0 Å². The molecule has 0 amide bonds. The Kier molecular flexibility index (Phi) is 3.45. The van der Waals surface area contributed by atoms with Crippen LogP contribution in [0.4, 0.5) is 0 Å². The van der Waals surface area contributed by atoms with Gasteiger partial charge in [0.05, 0.1) is 5.69 Å². The third kappa shape index (κ3) is 2.42. The highest BCUT2D eigenvalue weighted by atomic mass is 79.9. The first-order valence-electron chi connectivity index (χ1n) is 4.51. The summed E-state index contributed by atoms with van der Waals surface area (Å²) in [5, 5.41) is 2.05. The zero-order valence-electron chi connectivity index (χ0n) is 7.93. The lowest BCUT2D eigenvalue weighted by molar-refractivity contribution is 0.795. The summed E-state index contributed by atoms with van der Waals surface area (Å²) in [6.45, 7) is 0.559. The van der Waals surface area contributed by atoms with Gasteiger partial charge in [-0.3, -0.25) is 0 Å². The van der Waals surface area contributed by atoms with Gasteiger partial charge in [0.1, 0.15) is 6.33 Å². The molecule has 0 aromatic carbocycles. The largest absolute Gasteiger partial charge is 0.329 e. The zero-order valence-corrected chi connectivity index (χ0v) is 10.3. The Hall–Kier alpha value is -0.780. The molecule has 0 aliphatic rings. The number of halogens is 1. The van der Waals surface area contributed by atoms with Crippen LogP contribution >= 0.6 is 27.3 Å². The molecule has 0 aliphatic heterocycles. The van der Waals surface area contributed by atoms with Crippen molar-refractivity contribution in [1.29, 1.82) is 0 Å². The molecule has 2 rings (SSSR count). The Morgan fingerprint density at radius 3 is 2.93 bits per heavy atom. The second kappa shape index (κ2) is 4.83. The van der Waals surface area contributed by atoms with E-state index in [-0.39, 0.29) is 5.92 Å². The highest BCUT2D eigenvalue weighted by Crippen LogP contribution is 2.29. The second-order valence-electron chi connectivity index (χ2n) is 3.09. The number of hydrogen-bond donors (Lipinski definition) is 1. The molecule has 5 heteroatoms. The fourth-order valence-electron chi connectivity index (χ4n) is 1.40. The molecule has 3 nitrogen and oxygen atoms in total. The van der Waals surface area contributed by atoms with E-state index >= 15 is 0 Å². The first-order valence-corrected chi connectivity index (χ1v) is 6.18. The number of hydrogen-bond acceptors (Lipinski definition) is 4. The number of aromatic nitrogens is 2. The fraction of sp³-hybridized carbons (Fsp3) is 0.200. The van der Waals surface area contributed by atoms with Gasteiger partial charge in [0.15, 0.2) is 0 Å². The smallest absolute Gasteiger partial charge is 0.115 e. The van der Waals surface area contributed by atoms with Crippen molar-refractivity contribution >= 4 is 27.3 Å². The molecule has 0 saturated heterocycles. The quantitative estimate of drug-likeness (QED) is 0.941. The first kappa shape index (κ1) is 10.7. The molecule has 2 N–H and O–H groups in total. The van der Waals surface area contributed by atoms with Crippen LogP contribution in [0.2, 0.25) is 0 Å². The summed E-state index contributed by atoms with van der Waals surface area (Å²) in [6.07, 6.45) is 3.30. The summed E-state index contributed by atoms with van der Waals surface area (Å²) < 4.78 is 1.09. The molecular formula is C10H10BrN3S. The lowest BCUT2D eigenvalue weighted by Crippen LogP contribution is -2.13. The van der Waals surface area contributed by atoms with Crippen molar-refractivity contribution in [3.8, 4) is 0 Å². The Morgan fingerprint density at radius 1 is 1.53 bits per heavy atom. The minimum Gasteiger partial charge on any atom is -0.329 e. The van der Waals surface area contributed by atoms with E-state index in [1.165, 1.54) is 4.88 Å². The maximum atomic E-state index is 5.78. The average molecular weight is 284 g/mol. The third-order valence-electron chi connectivity index (χ3n) is 2.13. The van der Waals surface area contributed by atoms with Crippen molar-refractivity contribution < 1.29 is 0 Å². The van der Waals surface area contributed by atoms with Crippen molar-refractivity contribution in [2.45, 2.75) is 5.92 Å². The molecule has 78 valence electrons. The predicted octanol–water partition coefficient (Wildman–Crippen LogP) is 2.39. The van der Waals surface area contributed by atoms with Gasteiger partial charge < -0.3 is 5.73 Å². The molecule has 0 fully saturated rings. The van der Waals surface area contributed by atoms with Gasteiger partial charge >= 0.3 is 0 Å². The van der Waals surface area contributed by atoms with E-state index in [1.54, 1.807) is 23.9 Å². The third-order valence-corrected chi connectivity index (χ3v) is 3.94. The summed E-state index contributed by atoms with van der Waals surface area (Å²) in [6, 6.07) is 4.00. The maximum Gasteiger partial charge on any atom is 0.115 e. The van der Waals surface area contributed by atoms with Gasteiger partial charge in [0, 0.05) is 33.4 Å². The second-order valence-corrected chi connectivity index (χ2v) is 4.95. The van der Waals surface area contributed by atoms with Gasteiger partial charge in [0.25, 0.3) is 0 Å². The molecule has 0 saturated carbocycles. The Morgan fingerprint density at radius 2 is 2.40 bits per heavy atom. The molecular weight excluding hydrogens is 274 g/mol. The first-order chi connectivity index (χ1) is 7.31. The van der Waals surface area contributed by atoms with Crippen molar-refractivity contribution in [3.63, 3.8) is 0 Å². The van der Waals surface area contributed by atoms with Gasteiger partial charge in [-0.25, -0.2) is 9.97 Å². The van der Waals surface area contributed by atoms with Crippen LogP contribution in [0, 0.1) is 0 Å². The van der Waals surface area contributed by atoms with Gasteiger partial charge in [-0.05, 0) is 28.1 Å². The standard InChI is InChI=1S/C10H10BrN3S/c11-7-3-10(15-5-7)8(4-12)9-1-2-13-6-14-9/h1-3,5-6,8H,4,12H2. The van der Waals surface area contributed by atoms with E-state index in [0.717, 1.165) is 10.2 Å². The SMILES string of the molecule is NCC(c1ccncn1)c1cc(Br)cs1. The minimum absolute atomic E-state index is 0.171. The topological polar surface area (TPSA) is 51.8 Å². The molecule has 0 radical (unpaired) electrons. The van der Waals surface area contributed by atoms with Gasteiger partial charge in [-0.2, -0.15) is 0 Å². The van der Waals surface area contributed by atoms with Crippen LogP contribution in [0.5, 0.6) is 0 Å². The van der Waals surface area contributed by atoms with Crippen LogP contribution in [0.25, 0.3) is 0 Å². The summed E-state index contributed by atoms with van der Waals surface area (Å²) in [4.78, 5) is 9.36. The van der Waals surface area contributed by atoms with Crippen molar-refractivity contribution in [1.82, 2.24) is 9.97 Å². The van der Waals surface area contributed by atoms with Crippen molar-refractivity contribution in [2.75, 3.05) is 6.54 Å². The molecule has 2 aromatic rings. The summed E-state index contributed by atoms with van der Waals surface area (Å²) >= 11 is 5.13. The average Bonchev–Trinajstić information content (AvgIpc) is 2.68. The van der Waals surface area contributed by atoms with Crippen molar-refractivity contribution in [2.24, 2.45) is 5.73 Å². The Balaban J connectivity index is 2.33. The summed E-state index contributed by atoms with van der Waals surface area (Å²) in [5.74, 6) is 0.171. The van der Waals surface area contributed by atoms with E-state index in [9.17, 15) is 0 Å². The van der Waals surface area contributed by atoms with Crippen LogP contribution in [-0.2, 0) is 0 Å². The lowest BCUT2D eigenvalue weighted by atomic mass is 10.0. The molecule has 2 aromatic heterocycles. The summed E-state index contributed by atoms with van der Waals surface area (Å²) in [7, 11) is 0. The number of thiophene rings is 1. The zero-order chi connectivity index (χ0) is 10.7. The van der Waals surface area contributed by atoms with Gasteiger partial charge in [-0.1, -0.05) is 0 Å². The number of rotatable bonds is 3. The predicted molar refractivity (Wildman–Crippen MR) is 64.9 cm³/mol. The number of nitrogens with zero attached hydrogens (tertiary/aromatic N) is 2. The molecule has 1 unspecified atom stereocenters. The monoisotopic (exact) mass is 283 g/mol. The Labute approximate surface area is 101 Å². The number of nitrogens with two attached hydrogens (primary N) is 1. The lowest BCUT2D eigenvalue weighted by Gasteiger charge is -2.11. The van der Waals surface area contributed by atoms with E-state index in [2.05, 4.69) is 37.3 Å². The fourth-order valence-corrected chi connectivity index (χ4v) is 2.97. The van der Waals surface area contributed by atoms with E-state index < -0.39 is 0 Å². The van der Waals surface area contributed by atoms with E-state index in [0.29, 0.717) is 6.54 Å². The highest BCUT2D eigenvalue weighted by molar-refractivity contribution is 9.10. The van der Waals surface area contributed by atoms with Gasteiger partial charge in [0.2, 0.25) is 0 Å². The molecule has 15 heavy (non-hydrogen) atoms. The minimum atomic E-state index is 0.171. The van der Waals surface area contributed by atoms with Gasteiger partial charge in [-0.15, -0.1) is 11.3 Å². The molecule has 0 spiro atoms. The molecule has 0 bridgehead atoms.